The second-order valence-electron chi connectivity index (χ2n) is 6.00. The van der Waals surface area contributed by atoms with Crippen LogP contribution < -0.4 is 10.0 Å². The molecule has 7 heteroatoms. The molecule has 2 N–H and O–H groups in total. The zero-order chi connectivity index (χ0) is 19.4. The summed E-state index contributed by atoms with van der Waals surface area (Å²) in [4.78, 5) is 16.9. The highest BCUT2D eigenvalue weighted by atomic mass is 32.2. The summed E-state index contributed by atoms with van der Waals surface area (Å²) in [6.07, 6.45) is 3.09. The molecule has 3 rings (SSSR count). The van der Waals surface area contributed by atoms with Crippen molar-refractivity contribution in [3.8, 4) is 0 Å². The third kappa shape index (κ3) is 4.21. The smallest absolute Gasteiger partial charge is 0.255 e. The number of carbonyl (C=O) groups is 1. The zero-order valence-corrected chi connectivity index (χ0v) is 15.6. The number of anilines is 1. The van der Waals surface area contributed by atoms with Crippen molar-refractivity contribution in [2.24, 2.45) is 0 Å². The lowest BCUT2D eigenvalue weighted by Gasteiger charge is -2.10. The van der Waals surface area contributed by atoms with Crippen LogP contribution in [0.4, 0.5) is 5.69 Å². The minimum Gasteiger partial charge on any atom is -0.321 e. The fourth-order valence-corrected chi connectivity index (χ4v) is 3.60. The van der Waals surface area contributed by atoms with Crippen LogP contribution in [-0.4, -0.2) is 25.9 Å². The second kappa shape index (κ2) is 7.69. The van der Waals surface area contributed by atoms with Crippen LogP contribution in [0.1, 0.15) is 15.9 Å². The number of hydrogen-bond acceptors (Lipinski definition) is 4. The number of sulfonamides is 1. The molecule has 0 radical (unpaired) electrons. The average Bonchev–Trinajstić information content (AvgIpc) is 2.67. The fourth-order valence-electron chi connectivity index (χ4n) is 2.60. The molecule has 0 saturated carbocycles. The fraction of sp³-hybridized carbons (Fsp3) is 0.100. The Morgan fingerprint density at radius 3 is 2.59 bits per heavy atom. The number of aryl methyl sites for hydroxylation is 1. The maximum absolute atomic E-state index is 12.6. The zero-order valence-electron chi connectivity index (χ0n) is 14.8. The molecule has 138 valence electrons. The first kappa shape index (κ1) is 18.8. The molecular weight excluding hydrogens is 362 g/mol. The van der Waals surface area contributed by atoms with Crippen LogP contribution in [0.2, 0.25) is 0 Å². The minimum absolute atomic E-state index is 0.0888. The van der Waals surface area contributed by atoms with Crippen LogP contribution in [0.5, 0.6) is 0 Å². The van der Waals surface area contributed by atoms with Gasteiger partial charge in [0.15, 0.2) is 0 Å². The van der Waals surface area contributed by atoms with Crippen molar-refractivity contribution < 1.29 is 13.2 Å². The summed E-state index contributed by atoms with van der Waals surface area (Å²) in [6, 6.07) is 13.3. The lowest BCUT2D eigenvalue weighted by atomic mass is 10.1. The quantitative estimate of drug-likeness (QED) is 0.642. The molecular formula is C20H19N3O3S. The molecule has 0 bridgehead atoms. The van der Waals surface area contributed by atoms with E-state index in [4.69, 9.17) is 0 Å². The van der Waals surface area contributed by atoms with Crippen molar-refractivity contribution in [2.75, 3.05) is 11.9 Å². The van der Waals surface area contributed by atoms with Crippen molar-refractivity contribution in [1.29, 1.82) is 0 Å². The van der Waals surface area contributed by atoms with E-state index in [1.54, 1.807) is 12.3 Å². The molecule has 3 aromatic rings. The number of carbonyl (C=O) groups excluding carboxylic acids is 1. The Balaban J connectivity index is 1.83. The standard InChI is InChI=1S/C20H19N3O3S/c1-3-11-22-27(25,26)16-7-5-15(6-8-16)20(24)23-19-10-12-21-18-9-4-14(2)13-17(18)19/h3-10,12-13,22H,1,11H2,2H3,(H,21,23,24). The maximum Gasteiger partial charge on any atom is 0.255 e. The SMILES string of the molecule is C=CCNS(=O)(=O)c1ccc(C(=O)Nc2ccnc3ccc(C)cc23)cc1. The number of nitrogens with one attached hydrogen (secondary N) is 2. The van der Waals surface area contributed by atoms with E-state index in [-0.39, 0.29) is 17.3 Å². The number of rotatable bonds is 6. The van der Waals surface area contributed by atoms with Crippen LogP contribution in [0.15, 0.2) is 72.3 Å². The van der Waals surface area contributed by atoms with Gasteiger partial charge in [-0.25, -0.2) is 13.1 Å². The van der Waals surface area contributed by atoms with Gasteiger partial charge >= 0.3 is 0 Å². The molecule has 0 aliphatic rings. The number of amides is 1. The highest BCUT2D eigenvalue weighted by Gasteiger charge is 2.14. The molecule has 0 fully saturated rings. The van der Waals surface area contributed by atoms with Crippen LogP contribution in [0, 0.1) is 6.92 Å². The third-order valence-corrected chi connectivity index (χ3v) is 5.43. The van der Waals surface area contributed by atoms with E-state index in [9.17, 15) is 13.2 Å². The molecule has 1 amide bonds. The van der Waals surface area contributed by atoms with Gasteiger partial charge in [-0.2, -0.15) is 0 Å². The van der Waals surface area contributed by atoms with Crippen molar-refractivity contribution in [3.05, 3.63) is 78.5 Å². The van der Waals surface area contributed by atoms with Crippen molar-refractivity contribution >= 4 is 32.5 Å². The Hall–Kier alpha value is -3.03. The molecule has 6 nitrogen and oxygen atoms in total. The van der Waals surface area contributed by atoms with E-state index in [0.29, 0.717) is 11.3 Å². The van der Waals surface area contributed by atoms with E-state index in [1.807, 2.05) is 25.1 Å². The molecule has 0 aliphatic heterocycles. The van der Waals surface area contributed by atoms with E-state index < -0.39 is 10.0 Å². The largest absolute Gasteiger partial charge is 0.321 e. The van der Waals surface area contributed by atoms with Gasteiger partial charge in [-0.1, -0.05) is 17.7 Å². The molecule has 0 atom stereocenters. The Bertz CT molecular complexity index is 1110. The first-order valence-corrected chi connectivity index (χ1v) is 9.76. The molecule has 27 heavy (non-hydrogen) atoms. The summed E-state index contributed by atoms with van der Waals surface area (Å²) < 4.78 is 26.5. The predicted octanol–water partition coefficient (Wildman–Crippen LogP) is 3.26. The number of benzene rings is 2. The van der Waals surface area contributed by atoms with Gasteiger partial charge in [-0.3, -0.25) is 9.78 Å². The van der Waals surface area contributed by atoms with Gasteiger partial charge in [0.25, 0.3) is 5.91 Å². The summed E-state index contributed by atoms with van der Waals surface area (Å²) in [5.74, 6) is -0.327. The van der Waals surface area contributed by atoms with Gasteiger partial charge in [-0.05, 0) is 49.4 Å². The van der Waals surface area contributed by atoms with Gasteiger partial charge in [0, 0.05) is 23.7 Å². The third-order valence-electron chi connectivity index (χ3n) is 3.99. The first-order valence-electron chi connectivity index (χ1n) is 8.28. The minimum atomic E-state index is -3.62. The normalized spacial score (nSPS) is 11.3. The topological polar surface area (TPSA) is 88.2 Å². The Morgan fingerprint density at radius 2 is 1.89 bits per heavy atom. The predicted molar refractivity (Wildman–Crippen MR) is 106 cm³/mol. The Kier molecular flexibility index (Phi) is 5.34. The van der Waals surface area contributed by atoms with Crippen LogP contribution in [0.25, 0.3) is 10.9 Å². The second-order valence-corrected chi connectivity index (χ2v) is 7.77. The lowest BCUT2D eigenvalue weighted by Crippen LogP contribution is -2.23. The molecule has 1 aromatic heterocycles. The number of hydrogen-bond donors (Lipinski definition) is 2. The summed E-state index contributed by atoms with van der Waals surface area (Å²) in [5.41, 5.74) is 2.86. The van der Waals surface area contributed by atoms with Crippen molar-refractivity contribution in [2.45, 2.75) is 11.8 Å². The van der Waals surface area contributed by atoms with Gasteiger partial charge in [0.1, 0.15) is 0 Å². The van der Waals surface area contributed by atoms with Crippen molar-refractivity contribution in [3.63, 3.8) is 0 Å². The van der Waals surface area contributed by atoms with E-state index in [0.717, 1.165) is 16.5 Å². The summed E-state index contributed by atoms with van der Waals surface area (Å²) in [6.45, 7) is 5.59. The summed E-state index contributed by atoms with van der Waals surface area (Å²) >= 11 is 0. The number of aromatic nitrogens is 1. The van der Waals surface area contributed by atoms with Gasteiger partial charge in [-0.15, -0.1) is 6.58 Å². The maximum atomic E-state index is 12.6. The molecule has 0 unspecified atom stereocenters. The molecule has 0 saturated heterocycles. The van der Waals surface area contributed by atoms with E-state index in [1.165, 1.54) is 30.3 Å². The molecule has 2 aromatic carbocycles. The van der Waals surface area contributed by atoms with E-state index >= 15 is 0 Å². The number of nitrogens with zero attached hydrogens (tertiary/aromatic N) is 1. The highest BCUT2D eigenvalue weighted by molar-refractivity contribution is 7.89. The molecule has 1 heterocycles. The van der Waals surface area contributed by atoms with Crippen LogP contribution >= 0.6 is 0 Å². The van der Waals surface area contributed by atoms with Crippen LogP contribution in [0.3, 0.4) is 0 Å². The van der Waals surface area contributed by atoms with Gasteiger partial charge in [0.2, 0.25) is 10.0 Å². The summed E-state index contributed by atoms with van der Waals surface area (Å²) in [7, 11) is -3.62. The molecule has 0 aliphatic carbocycles. The monoisotopic (exact) mass is 381 g/mol. The van der Waals surface area contributed by atoms with Gasteiger partial charge in [0.05, 0.1) is 16.1 Å². The lowest BCUT2D eigenvalue weighted by molar-refractivity contribution is 0.102. The Morgan fingerprint density at radius 1 is 1.15 bits per heavy atom. The number of fused-ring (bicyclic) bond motifs is 1. The van der Waals surface area contributed by atoms with Crippen molar-refractivity contribution in [1.82, 2.24) is 9.71 Å². The first-order chi connectivity index (χ1) is 12.9. The number of pyridine rings is 1. The highest BCUT2D eigenvalue weighted by Crippen LogP contribution is 2.23. The summed E-state index contributed by atoms with van der Waals surface area (Å²) in [5, 5.41) is 3.71. The average molecular weight is 381 g/mol. The molecule has 0 spiro atoms. The van der Waals surface area contributed by atoms with Gasteiger partial charge < -0.3 is 5.32 Å². The Labute approximate surface area is 158 Å². The van der Waals surface area contributed by atoms with E-state index in [2.05, 4.69) is 21.6 Å². The van der Waals surface area contributed by atoms with Crippen LogP contribution in [-0.2, 0) is 10.0 Å².